The molecule has 1 N–H and O–H groups in total. The van der Waals surface area contributed by atoms with E-state index in [9.17, 15) is 0 Å². The van der Waals surface area contributed by atoms with E-state index in [0.29, 0.717) is 12.0 Å². The fourth-order valence-corrected chi connectivity index (χ4v) is 2.98. The van der Waals surface area contributed by atoms with E-state index in [4.69, 9.17) is 0 Å². The molecule has 0 radical (unpaired) electrons. The molecule has 1 nitrogen and oxygen atoms in total. The molecule has 2 atom stereocenters. The molecule has 1 heterocycles. The largest absolute Gasteiger partial charge is 0.382 e. The van der Waals surface area contributed by atoms with Crippen molar-refractivity contribution in [1.82, 2.24) is 0 Å². The number of hydrogen-bond donors (Lipinski definition) is 1. The fraction of sp³-hybridized carbons (Fsp3) is 0.222. The van der Waals surface area contributed by atoms with Gasteiger partial charge in [-0.15, -0.1) is 6.58 Å². The molecule has 0 bridgehead atoms. The maximum absolute atomic E-state index is 3.87. The summed E-state index contributed by atoms with van der Waals surface area (Å²) in [6, 6.07) is 19.9. The third kappa shape index (κ3) is 2.41. The minimum absolute atomic E-state index is 0.484. The summed E-state index contributed by atoms with van der Waals surface area (Å²) in [6.45, 7) is 3.87. The molecular weight excluding hydrogens is 230 g/mol. The van der Waals surface area contributed by atoms with Crippen molar-refractivity contribution < 1.29 is 0 Å². The van der Waals surface area contributed by atoms with Crippen molar-refractivity contribution in [2.45, 2.75) is 24.8 Å². The van der Waals surface area contributed by atoms with Crippen LogP contribution in [0.25, 0.3) is 0 Å². The highest BCUT2D eigenvalue weighted by atomic mass is 14.9. The summed E-state index contributed by atoms with van der Waals surface area (Å²) in [4.78, 5) is 0. The Morgan fingerprint density at radius 1 is 1.05 bits per heavy atom. The zero-order valence-electron chi connectivity index (χ0n) is 11.0. The SMILES string of the molecule is C=CC[C@@H]1C[C@@H](c2ccccc2)c2ccccc2N1. The minimum Gasteiger partial charge on any atom is -0.382 e. The van der Waals surface area contributed by atoms with Gasteiger partial charge in [-0.05, 0) is 30.0 Å². The monoisotopic (exact) mass is 249 g/mol. The molecule has 1 aliphatic heterocycles. The Hall–Kier alpha value is -2.02. The second-order valence-electron chi connectivity index (χ2n) is 5.15. The number of hydrogen-bond acceptors (Lipinski definition) is 1. The van der Waals surface area contributed by atoms with Gasteiger partial charge in [-0.1, -0.05) is 54.6 Å². The number of para-hydroxylation sites is 1. The molecule has 0 aromatic heterocycles. The van der Waals surface area contributed by atoms with Crippen LogP contribution in [0, 0.1) is 0 Å². The summed E-state index contributed by atoms with van der Waals surface area (Å²) in [5, 5.41) is 3.63. The summed E-state index contributed by atoms with van der Waals surface area (Å²) in [5.74, 6) is 0.489. The van der Waals surface area contributed by atoms with E-state index in [1.165, 1.54) is 16.8 Å². The van der Waals surface area contributed by atoms with Gasteiger partial charge in [0.1, 0.15) is 0 Å². The summed E-state index contributed by atoms with van der Waals surface area (Å²) in [5.41, 5.74) is 4.09. The second kappa shape index (κ2) is 5.31. The normalized spacial score (nSPS) is 21.3. The first kappa shape index (κ1) is 12.0. The minimum atomic E-state index is 0.484. The highest BCUT2D eigenvalue weighted by molar-refractivity contribution is 5.58. The fourth-order valence-electron chi connectivity index (χ4n) is 2.98. The number of anilines is 1. The second-order valence-corrected chi connectivity index (χ2v) is 5.15. The first-order chi connectivity index (χ1) is 9.38. The Kier molecular flexibility index (Phi) is 3.37. The van der Waals surface area contributed by atoms with Crippen LogP contribution in [0.15, 0.2) is 67.3 Å². The van der Waals surface area contributed by atoms with Crippen LogP contribution in [-0.2, 0) is 0 Å². The number of fused-ring (bicyclic) bond motifs is 1. The molecule has 0 saturated carbocycles. The van der Waals surface area contributed by atoms with Crippen LogP contribution in [0.5, 0.6) is 0 Å². The lowest BCUT2D eigenvalue weighted by atomic mass is 9.81. The molecule has 0 fully saturated rings. The van der Waals surface area contributed by atoms with E-state index in [2.05, 4.69) is 66.5 Å². The molecule has 3 rings (SSSR count). The standard InChI is InChI=1S/C18H19N/c1-2-8-15-13-17(14-9-4-3-5-10-14)16-11-6-7-12-18(16)19-15/h2-7,9-12,15,17,19H,1,8,13H2/t15-,17+/m1/s1. The number of rotatable bonds is 3. The number of nitrogens with one attached hydrogen (secondary N) is 1. The van der Waals surface area contributed by atoms with E-state index >= 15 is 0 Å². The van der Waals surface area contributed by atoms with Crippen LogP contribution < -0.4 is 5.32 Å². The highest BCUT2D eigenvalue weighted by Crippen LogP contribution is 2.39. The van der Waals surface area contributed by atoms with Crippen molar-refractivity contribution in [3.8, 4) is 0 Å². The lowest BCUT2D eigenvalue weighted by molar-refractivity contribution is 0.584. The van der Waals surface area contributed by atoms with Crippen molar-refractivity contribution >= 4 is 5.69 Å². The lowest BCUT2D eigenvalue weighted by Gasteiger charge is -2.33. The molecule has 19 heavy (non-hydrogen) atoms. The van der Waals surface area contributed by atoms with Gasteiger partial charge in [0, 0.05) is 17.6 Å². The quantitative estimate of drug-likeness (QED) is 0.785. The van der Waals surface area contributed by atoms with Gasteiger partial charge in [0.15, 0.2) is 0 Å². The maximum Gasteiger partial charge on any atom is 0.0381 e. The molecule has 0 saturated heterocycles. The van der Waals surface area contributed by atoms with Crippen molar-refractivity contribution in [2.24, 2.45) is 0 Å². The zero-order valence-corrected chi connectivity index (χ0v) is 11.0. The van der Waals surface area contributed by atoms with Crippen molar-refractivity contribution in [2.75, 3.05) is 5.32 Å². The average molecular weight is 249 g/mol. The molecule has 1 heteroatoms. The Balaban J connectivity index is 2.00. The van der Waals surface area contributed by atoms with Crippen LogP contribution in [0.3, 0.4) is 0 Å². The van der Waals surface area contributed by atoms with E-state index in [1.54, 1.807) is 0 Å². The van der Waals surface area contributed by atoms with E-state index in [0.717, 1.165) is 12.8 Å². The Bertz CT molecular complexity index is 559. The van der Waals surface area contributed by atoms with Gasteiger partial charge in [-0.2, -0.15) is 0 Å². The van der Waals surface area contributed by atoms with Crippen molar-refractivity contribution in [1.29, 1.82) is 0 Å². The van der Waals surface area contributed by atoms with Crippen molar-refractivity contribution in [3.05, 3.63) is 78.4 Å². The van der Waals surface area contributed by atoms with Crippen LogP contribution in [-0.4, -0.2) is 6.04 Å². The first-order valence-corrected chi connectivity index (χ1v) is 6.90. The van der Waals surface area contributed by atoms with Gasteiger partial charge in [0.05, 0.1) is 0 Å². The molecule has 0 amide bonds. The Labute approximate surface area is 115 Å². The molecule has 0 aliphatic carbocycles. The zero-order chi connectivity index (χ0) is 13.1. The summed E-state index contributed by atoms with van der Waals surface area (Å²) >= 11 is 0. The molecular formula is C18H19N. The molecule has 0 spiro atoms. The molecule has 2 aromatic carbocycles. The third-order valence-electron chi connectivity index (χ3n) is 3.87. The highest BCUT2D eigenvalue weighted by Gasteiger charge is 2.26. The summed E-state index contributed by atoms with van der Waals surface area (Å²) in [6.07, 6.45) is 4.15. The van der Waals surface area contributed by atoms with E-state index < -0.39 is 0 Å². The molecule has 0 unspecified atom stereocenters. The van der Waals surface area contributed by atoms with E-state index in [-0.39, 0.29) is 0 Å². The van der Waals surface area contributed by atoms with Gasteiger partial charge in [-0.25, -0.2) is 0 Å². The topological polar surface area (TPSA) is 12.0 Å². The summed E-state index contributed by atoms with van der Waals surface area (Å²) < 4.78 is 0. The average Bonchev–Trinajstić information content (AvgIpc) is 2.48. The predicted molar refractivity (Wildman–Crippen MR) is 81.6 cm³/mol. The molecule has 96 valence electrons. The van der Waals surface area contributed by atoms with Gasteiger partial charge in [0.25, 0.3) is 0 Å². The lowest BCUT2D eigenvalue weighted by Crippen LogP contribution is -2.28. The van der Waals surface area contributed by atoms with Crippen LogP contribution in [0.4, 0.5) is 5.69 Å². The maximum atomic E-state index is 3.87. The van der Waals surface area contributed by atoms with Gasteiger partial charge >= 0.3 is 0 Å². The summed E-state index contributed by atoms with van der Waals surface area (Å²) in [7, 11) is 0. The van der Waals surface area contributed by atoms with Crippen LogP contribution in [0.2, 0.25) is 0 Å². The van der Waals surface area contributed by atoms with Gasteiger partial charge < -0.3 is 5.32 Å². The van der Waals surface area contributed by atoms with Crippen LogP contribution >= 0.6 is 0 Å². The first-order valence-electron chi connectivity index (χ1n) is 6.90. The predicted octanol–water partition coefficient (Wildman–Crippen LogP) is 4.58. The van der Waals surface area contributed by atoms with Gasteiger partial charge in [0.2, 0.25) is 0 Å². The smallest absolute Gasteiger partial charge is 0.0381 e. The number of benzene rings is 2. The van der Waals surface area contributed by atoms with E-state index in [1.807, 2.05) is 6.08 Å². The van der Waals surface area contributed by atoms with Crippen LogP contribution in [0.1, 0.15) is 29.9 Å². The van der Waals surface area contributed by atoms with Gasteiger partial charge in [-0.3, -0.25) is 0 Å². The third-order valence-corrected chi connectivity index (χ3v) is 3.87. The Morgan fingerprint density at radius 2 is 1.79 bits per heavy atom. The molecule has 1 aliphatic rings. The molecule has 2 aromatic rings. The Morgan fingerprint density at radius 3 is 2.58 bits per heavy atom. The van der Waals surface area contributed by atoms with Crippen molar-refractivity contribution in [3.63, 3.8) is 0 Å².